The molecule has 0 aliphatic carbocycles. The van der Waals surface area contributed by atoms with Crippen LogP contribution >= 0.6 is 0 Å². The molecule has 1 aromatic rings. The van der Waals surface area contributed by atoms with Gasteiger partial charge in [-0.2, -0.15) is 4.31 Å². The minimum Gasteiger partial charge on any atom is -0.463 e. The van der Waals surface area contributed by atoms with E-state index in [1.165, 1.54) is 49.3 Å². The van der Waals surface area contributed by atoms with Crippen LogP contribution in [0.3, 0.4) is 0 Å². The van der Waals surface area contributed by atoms with E-state index >= 15 is 0 Å². The van der Waals surface area contributed by atoms with Gasteiger partial charge in [0.05, 0.1) is 19.3 Å². The fraction of sp³-hybridized carbons (Fsp3) is 0.778. The second-order valence-corrected chi connectivity index (χ2v) is 9.10. The summed E-state index contributed by atoms with van der Waals surface area (Å²) in [5.74, 6) is 1.58. The number of likely N-dealkylation sites (N-methyl/N-ethyl adjacent to an activating group) is 1. The molecule has 7 heteroatoms. The van der Waals surface area contributed by atoms with Crippen LogP contribution in [0.2, 0.25) is 0 Å². The van der Waals surface area contributed by atoms with E-state index in [0.29, 0.717) is 5.76 Å². The van der Waals surface area contributed by atoms with Crippen molar-refractivity contribution in [1.29, 1.82) is 0 Å². The quantitative estimate of drug-likeness (QED) is 0.667. The molecular weight excluding hydrogens is 338 g/mol. The van der Waals surface area contributed by atoms with Crippen molar-refractivity contribution in [2.24, 2.45) is 0 Å². The number of nitrogens with zero attached hydrogens (tertiary/aromatic N) is 3. The van der Waals surface area contributed by atoms with Crippen molar-refractivity contribution in [3.05, 3.63) is 23.7 Å². The summed E-state index contributed by atoms with van der Waals surface area (Å²) >= 11 is 0. The van der Waals surface area contributed by atoms with E-state index in [0.717, 1.165) is 31.9 Å². The van der Waals surface area contributed by atoms with Crippen molar-refractivity contribution in [2.75, 3.05) is 46.0 Å². The van der Waals surface area contributed by atoms with E-state index in [1.807, 2.05) is 12.1 Å². The Morgan fingerprint density at radius 2 is 1.68 bits per heavy atom. The first-order chi connectivity index (χ1) is 11.9. The Labute approximate surface area is 152 Å². The Bertz CT molecular complexity index is 607. The van der Waals surface area contributed by atoms with Crippen LogP contribution in [-0.2, 0) is 23.1 Å². The third-order valence-corrected chi connectivity index (χ3v) is 6.18. The van der Waals surface area contributed by atoms with Gasteiger partial charge in [-0.3, -0.25) is 4.90 Å². The van der Waals surface area contributed by atoms with Crippen LogP contribution in [0.4, 0.5) is 0 Å². The Morgan fingerprint density at radius 3 is 2.24 bits per heavy atom. The summed E-state index contributed by atoms with van der Waals surface area (Å²) < 4.78 is 30.1. The molecule has 0 aromatic carbocycles. The van der Waals surface area contributed by atoms with E-state index < -0.39 is 10.0 Å². The van der Waals surface area contributed by atoms with Crippen molar-refractivity contribution < 1.29 is 12.8 Å². The maximum Gasteiger partial charge on any atom is 0.211 e. The lowest BCUT2D eigenvalue weighted by molar-refractivity contribution is 0.197. The van der Waals surface area contributed by atoms with Crippen molar-refractivity contribution in [1.82, 2.24) is 14.1 Å². The molecule has 1 fully saturated rings. The fourth-order valence-corrected chi connectivity index (χ4v) is 3.50. The standard InChI is InChI=1S/C18H33N3O3S/c1-4-20(13-14-21-11-7-5-6-8-12-21)16-18-10-9-17(24-18)15-19(2)25(3,22)23/h9-10H,4-8,11-16H2,1-3H3. The normalized spacial score (nSPS) is 17.3. The van der Waals surface area contributed by atoms with Gasteiger partial charge in [-0.05, 0) is 44.6 Å². The average molecular weight is 372 g/mol. The summed E-state index contributed by atoms with van der Waals surface area (Å²) in [6.07, 6.45) is 6.58. The maximum absolute atomic E-state index is 11.5. The van der Waals surface area contributed by atoms with Crippen LogP contribution < -0.4 is 0 Å². The zero-order chi connectivity index (χ0) is 18.3. The lowest BCUT2D eigenvalue weighted by Crippen LogP contribution is -2.35. The molecule has 2 heterocycles. The van der Waals surface area contributed by atoms with Gasteiger partial charge in [0.1, 0.15) is 11.5 Å². The Balaban J connectivity index is 1.82. The van der Waals surface area contributed by atoms with Crippen LogP contribution in [0.25, 0.3) is 0 Å². The van der Waals surface area contributed by atoms with Crippen molar-refractivity contribution in [3.63, 3.8) is 0 Å². The Morgan fingerprint density at radius 1 is 1.08 bits per heavy atom. The zero-order valence-electron chi connectivity index (χ0n) is 15.9. The number of sulfonamides is 1. The minimum absolute atomic E-state index is 0.277. The zero-order valence-corrected chi connectivity index (χ0v) is 16.7. The highest BCUT2D eigenvalue weighted by molar-refractivity contribution is 7.88. The molecule has 1 aromatic heterocycles. The third-order valence-electron chi connectivity index (χ3n) is 4.92. The second-order valence-electron chi connectivity index (χ2n) is 7.01. The molecule has 0 spiro atoms. The molecule has 0 saturated carbocycles. The van der Waals surface area contributed by atoms with Crippen molar-refractivity contribution in [3.8, 4) is 0 Å². The highest BCUT2D eigenvalue weighted by Gasteiger charge is 2.15. The van der Waals surface area contributed by atoms with Crippen molar-refractivity contribution >= 4 is 10.0 Å². The monoisotopic (exact) mass is 371 g/mol. The molecule has 6 nitrogen and oxygen atoms in total. The number of hydrogen-bond acceptors (Lipinski definition) is 5. The first kappa shape index (κ1) is 20.4. The molecule has 25 heavy (non-hydrogen) atoms. The Hall–Kier alpha value is -0.890. The second kappa shape index (κ2) is 9.71. The summed E-state index contributed by atoms with van der Waals surface area (Å²) in [5, 5.41) is 0. The average Bonchev–Trinajstić information content (AvgIpc) is 2.82. The smallest absolute Gasteiger partial charge is 0.211 e. The molecule has 144 valence electrons. The van der Waals surface area contributed by atoms with Gasteiger partial charge in [-0.1, -0.05) is 19.8 Å². The SMILES string of the molecule is CCN(CCN1CCCCCC1)Cc1ccc(CN(C)S(C)(=O)=O)o1. The predicted molar refractivity (Wildman–Crippen MR) is 101 cm³/mol. The lowest BCUT2D eigenvalue weighted by atomic mass is 10.2. The van der Waals surface area contributed by atoms with E-state index in [1.54, 1.807) is 7.05 Å². The fourth-order valence-electron chi connectivity index (χ4n) is 3.14. The summed E-state index contributed by atoms with van der Waals surface area (Å²) in [6, 6.07) is 3.83. The van der Waals surface area contributed by atoms with Crippen LogP contribution in [0.5, 0.6) is 0 Å². The van der Waals surface area contributed by atoms with Crippen LogP contribution in [-0.4, -0.2) is 68.6 Å². The molecule has 0 bridgehead atoms. The first-order valence-electron chi connectivity index (χ1n) is 9.32. The highest BCUT2D eigenvalue weighted by atomic mass is 32.2. The molecule has 1 saturated heterocycles. The number of furan rings is 1. The van der Waals surface area contributed by atoms with Gasteiger partial charge in [0.25, 0.3) is 0 Å². The molecule has 1 aliphatic rings. The molecule has 1 aliphatic heterocycles. The molecule has 2 rings (SSSR count). The van der Waals surface area contributed by atoms with Crippen LogP contribution in [0.15, 0.2) is 16.5 Å². The van der Waals surface area contributed by atoms with Crippen LogP contribution in [0, 0.1) is 0 Å². The molecule has 0 unspecified atom stereocenters. The summed E-state index contributed by atoms with van der Waals surface area (Å²) in [5.41, 5.74) is 0. The van der Waals surface area contributed by atoms with Gasteiger partial charge in [-0.15, -0.1) is 0 Å². The number of likely N-dealkylation sites (tertiary alicyclic amines) is 1. The first-order valence-corrected chi connectivity index (χ1v) is 11.2. The van der Waals surface area contributed by atoms with E-state index in [-0.39, 0.29) is 6.54 Å². The van der Waals surface area contributed by atoms with Gasteiger partial charge in [0, 0.05) is 20.1 Å². The third kappa shape index (κ3) is 7.09. The molecule has 0 amide bonds. The molecular formula is C18H33N3O3S. The maximum atomic E-state index is 11.5. The summed E-state index contributed by atoms with van der Waals surface area (Å²) in [4.78, 5) is 4.96. The largest absolute Gasteiger partial charge is 0.463 e. The van der Waals surface area contributed by atoms with E-state index in [4.69, 9.17) is 4.42 Å². The molecule has 0 N–H and O–H groups in total. The number of hydrogen-bond donors (Lipinski definition) is 0. The Kier molecular flexibility index (Phi) is 7.93. The van der Waals surface area contributed by atoms with Gasteiger partial charge in [0.15, 0.2) is 0 Å². The van der Waals surface area contributed by atoms with Gasteiger partial charge in [0.2, 0.25) is 10.0 Å². The minimum atomic E-state index is -3.19. The molecule has 0 radical (unpaired) electrons. The summed E-state index contributed by atoms with van der Waals surface area (Å²) in [7, 11) is -1.62. The van der Waals surface area contributed by atoms with E-state index in [2.05, 4.69) is 16.7 Å². The van der Waals surface area contributed by atoms with Gasteiger partial charge in [-0.25, -0.2) is 8.42 Å². The predicted octanol–water partition coefficient (Wildman–Crippen LogP) is 2.37. The number of rotatable bonds is 9. The van der Waals surface area contributed by atoms with Gasteiger partial charge < -0.3 is 9.32 Å². The van der Waals surface area contributed by atoms with Crippen molar-refractivity contribution in [2.45, 2.75) is 45.7 Å². The lowest BCUT2D eigenvalue weighted by Gasteiger charge is -2.25. The topological polar surface area (TPSA) is 57.0 Å². The summed E-state index contributed by atoms with van der Waals surface area (Å²) in [6.45, 7) is 8.79. The van der Waals surface area contributed by atoms with Gasteiger partial charge >= 0.3 is 0 Å². The molecule has 0 atom stereocenters. The van der Waals surface area contributed by atoms with Crippen LogP contribution in [0.1, 0.15) is 44.1 Å². The highest BCUT2D eigenvalue weighted by Crippen LogP contribution is 2.14. The van der Waals surface area contributed by atoms with E-state index in [9.17, 15) is 8.42 Å².